The molecule has 28 heavy (non-hydrogen) atoms. The third-order valence-corrected chi connectivity index (χ3v) is 5.75. The van der Waals surface area contributed by atoms with Crippen molar-refractivity contribution in [3.05, 3.63) is 60.4 Å². The van der Waals surface area contributed by atoms with Crippen molar-refractivity contribution >= 4 is 16.8 Å². The second-order valence-corrected chi connectivity index (χ2v) is 7.79. The number of aromatic nitrogens is 2. The van der Waals surface area contributed by atoms with E-state index in [1.54, 1.807) is 6.20 Å². The first-order valence-corrected chi connectivity index (χ1v) is 9.68. The fraction of sp³-hybridized carbons (Fsp3) is 0.364. The van der Waals surface area contributed by atoms with Crippen LogP contribution in [0.3, 0.4) is 0 Å². The Hall–Kier alpha value is -2.86. The Morgan fingerprint density at radius 2 is 2.14 bits per heavy atom. The van der Waals surface area contributed by atoms with Crippen LogP contribution in [0.15, 0.2) is 54.9 Å². The summed E-state index contributed by atoms with van der Waals surface area (Å²) in [6.07, 6.45) is 5.44. The van der Waals surface area contributed by atoms with Crippen LogP contribution in [0.4, 0.5) is 0 Å². The van der Waals surface area contributed by atoms with Gasteiger partial charge in [-0.1, -0.05) is 6.07 Å². The van der Waals surface area contributed by atoms with Crippen LogP contribution in [0.2, 0.25) is 0 Å². The highest BCUT2D eigenvalue weighted by molar-refractivity contribution is 5.98. The zero-order chi connectivity index (χ0) is 19.1. The standard InChI is InChI=1S/C22H23N3O3/c1-24-10-7-16-12-17(5-6-19(16)24)21(26)25-14-22(15-25)13-18(8-11-27-22)28-20-4-2-3-9-23-20/h2-7,9-10,12,18H,8,11,13-15H2,1H3/t18-/m0/s1. The first-order valence-electron chi connectivity index (χ1n) is 9.68. The number of nitrogens with zero attached hydrogens (tertiary/aromatic N) is 3. The summed E-state index contributed by atoms with van der Waals surface area (Å²) in [6, 6.07) is 13.6. The Balaban J connectivity index is 1.24. The lowest BCUT2D eigenvalue weighted by Crippen LogP contribution is -2.67. The van der Waals surface area contributed by atoms with Gasteiger partial charge < -0.3 is 18.9 Å². The molecule has 2 saturated heterocycles. The molecule has 2 aliphatic rings. The van der Waals surface area contributed by atoms with Gasteiger partial charge in [-0.15, -0.1) is 0 Å². The van der Waals surface area contributed by atoms with Crippen molar-refractivity contribution in [3.63, 3.8) is 0 Å². The molecule has 2 aliphatic heterocycles. The topological polar surface area (TPSA) is 56.6 Å². The number of amides is 1. The number of aryl methyl sites for hydroxylation is 1. The van der Waals surface area contributed by atoms with E-state index in [0.717, 1.165) is 29.3 Å². The van der Waals surface area contributed by atoms with Crippen molar-refractivity contribution in [1.82, 2.24) is 14.5 Å². The number of carbonyl (C=O) groups excluding carboxylic acids is 1. The summed E-state index contributed by atoms with van der Waals surface area (Å²) in [5.41, 5.74) is 1.57. The lowest BCUT2D eigenvalue weighted by Gasteiger charge is -2.52. The van der Waals surface area contributed by atoms with Gasteiger partial charge in [0, 0.05) is 54.8 Å². The van der Waals surface area contributed by atoms with E-state index in [9.17, 15) is 4.79 Å². The summed E-state index contributed by atoms with van der Waals surface area (Å²) in [5, 5.41) is 1.08. The van der Waals surface area contributed by atoms with E-state index < -0.39 is 0 Å². The fourth-order valence-electron chi connectivity index (χ4n) is 4.28. The molecule has 0 saturated carbocycles. The maximum atomic E-state index is 12.9. The smallest absolute Gasteiger partial charge is 0.254 e. The van der Waals surface area contributed by atoms with Gasteiger partial charge in [0.2, 0.25) is 5.88 Å². The third-order valence-electron chi connectivity index (χ3n) is 5.75. The van der Waals surface area contributed by atoms with Gasteiger partial charge in [-0.05, 0) is 30.3 Å². The molecule has 2 fully saturated rings. The molecule has 4 heterocycles. The first-order chi connectivity index (χ1) is 13.6. The molecule has 0 bridgehead atoms. The molecule has 0 aliphatic carbocycles. The molecule has 1 spiro atoms. The van der Waals surface area contributed by atoms with Gasteiger partial charge in [-0.2, -0.15) is 0 Å². The van der Waals surface area contributed by atoms with Gasteiger partial charge in [0.15, 0.2) is 0 Å². The maximum Gasteiger partial charge on any atom is 0.254 e. The highest BCUT2D eigenvalue weighted by atomic mass is 16.5. The molecule has 1 atom stereocenters. The van der Waals surface area contributed by atoms with Gasteiger partial charge in [-0.3, -0.25) is 4.79 Å². The van der Waals surface area contributed by atoms with Crippen LogP contribution in [0.1, 0.15) is 23.2 Å². The van der Waals surface area contributed by atoms with Crippen molar-refractivity contribution in [1.29, 1.82) is 0 Å². The van der Waals surface area contributed by atoms with Crippen molar-refractivity contribution in [2.45, 2.75) is 24.5 Å². The number of carbonyl (C=O) groups is 1. The lowest BCUT2D eigenvalue weighted by molar-refractivity contribution is -0.174. The molecule has 6 nitrogen and oxygen atoms in total. The van der Waals surface area contributed by atoms with Crippen LogP contribution in [0.5, 0.6) is 5.88 Å². The van der Waals surface area contributed by atoms with Gasteiger partial charge in [0.1, 0.15) is 11.7 Å². The number of rotatable bonds is 3. The highest BCUT2D eigenvalue weighted by Crippen LogP contribution is 2.36. The van der Waals surface area contributed by atoms with Crippen molar-refractivity contribution in [2.24, 2.45) is 7.05 Å². The van der Waals surface area contributed by atoms with Crippen molar-refractivity contribution < 1.29 is 14.3 Å². The van der Waals surface area contributed by atoms with Gasteiger partial charge >= 0.3 is 0 Å². The molecular formula is C22H23N3O3. The number of benzene rings is 1. The number of hydrogen-bond donors (Lipinski definition) is 0. The van der Waals surface area contributed by atoms with Gasteiger partial charge in [0.05, 0.1) is 19.7 Å². The predicted molar refractivity (Wildman–Crippen MR) is 105 cm³/mol. The molecule has 1 aromatic carbocycles. The van der Waals surface area contributed by atoms with Crippen molar-refractivity contribution in [2.75, 3.05) is 19.7 Å². The minimum absolute atomic E-state index is 0.0627. The summed E-state index contributed by atoms with van der Waals surface area (Å²) < 4.78 is 14.1. The average Bonchev–Trinajstić information content (AvgIpc) is 3.07. The number of pyridine rings is 1. The lowest BCUT2D eigenvalue weighted by atomic mass is 9.84. The molecule has 0 unspecified atom stereocenters. The van der Waals surface area contributed by atoms with E-state index in [2.05, 4.69) is 9.55 Å². The molecule has 3 aromatic rings. The molecule has 0 radical (unpaired) electrons. The zero-order valence-corrected chi connectivity index (χ0v) is 15.9. The molecule has 6 heteroatoms. The normalized spacial score (nSPS) is 20.9. The van der Waals surface area contributed by atoms with Crippen LogP contribution in [0.25, 0.3) is 10.9 Å². The average molecular weight is 377 g/mol. The van der Waals surface area contributed by atoms with E-state index in [0.29, 0.717) is 25.6 Å². The van der Waals surface area contributed by atoms with Crippen LogP contribution >= 0.6 is 0 Å². The monoisotopic (exact) mass is 377 g/mol. The zero-order valence-electron chi connectivity index (χ0n) is 15.9. The van der Waals surface area contributed by atoms with E-state index in [-0.39, 0.29) is 17.6 Å². The minimum Gasteiger partial charge on any atom is -0.474 e. The van der Waals surface area contributed by atoms with Crippen LogP contribution in [-0.2, 0) is 11.8 Å². The molecule has 1 amide bonds. The SMILES string of the molecule is Cn1ccc2cc(C(=O)N3CC4(C[C@@H](Oc5ccccn5)CCO4)C3)ccc21. The Morgan fingerprint density at radius 1 is 1.25 bits per heavy atom. The second kappa shape index (κ2) is 6.63. The molecule has 5 rings (SSSR count). The van der Waals surface area contributed by atoms with Crippen molar-refractivity contribution in [3.8, 4) is 5.88 Å². The van der Waals surface area contributed by atoms with Crippen LogP contribution in [0, 0.1) is 0 Å². The van der Waals surface area contributed by atoms with Crippen LogP contribution in [-0.4, -0.2) is 51.8 Å². The maximum absolute atomic E-state index is 12.9. The summed E-state index contributed by atoms with van der Waals surface area (Å²) >= 11 is 0. The quantitative estimate of drug-likeness (QED) is 0.704. The highest BCUT2D eigenvalue weighted by Gasteiger charge is 2.50. The van der Waals surface area contributed by atoms with Gasteiger partial charge in [0.25, 0.3) is 5.91 Å². The summed E-state index contributed by atoms with van der Waals surface area (Å²) in [4.78, 5) is 19.0. The first kappa shape index (κ1) is 17.3. The molecule has 144 valence electrons. The van der Waals surface area contributed by atoms with E-state index in [1.807, 2.05) is 60.6 Å². The minimum atomic E-state index is -0.287. The Labute approximate surface area is 163 Å². The number of ether oxygens (including phenoxy) is 2. The summed E-state index contributed by atoms with van der Waals surface area (Å²) in [6.45, 7) is 1.87. The Kier molecular flexibility index (Phi) is 4.09. The Bertz CT molecular complexity index is 1010. The summed E-state index contributed by atoms with van der Waals surface area (Å²) in [7, 11) is 2.01. The number of hydrogen-bond acceptors (Lipinski definition) is 4. The third kappa shape index (κ3) is 3.03. The van der Waals surface area contributed by atoms with E-state index in [1.165, 1.54) is 0 Å². The largest absolute Gasteiger partial charge is 0.474 e. The number of likely N-dealkylation sites (tertiary alicyclic amines) is 1. The van der Waals surface area contributed by atoms with Gasteiger partial charge in [-0.25, -0.2) is 4.98 Å². The van der Waals surface area contributed by atoms with E-state index >= 15 is 0 Å². The molecule has 0 N–H and O–H groups in total. The summed E-state index contributed by atoms with van der Waals surface area (Å²) in [5.74, 6) is 0.709. The molecular weight excluding hydrogens is 354 g/mol. The predicted octanol–water partition coefficient (Wildman–Crippen LogP) is 3.03. The van der Waals surface area contributed by atoms with E-state index in [4.69, 9.17) is 9.47 Å². The number of fused-ring (bicyclic) bond motifs is 1. The molecule has 2 aromatic heterocycles. The van der Waals surface area contributed by atoms with Crippen LogP contribution < -0.4 is 4.74 Å². The fourth-order valence-corrected chi connectivity index (χ4v) is 4.28. The Morgan fingerprint density at radius 3 is 2.96 bits per heavy atom. The second-order valence-electron chi connectivity index (χ2n) is 7.79.